The molecular weight excluding hydrogens is 346 g/mol. The van der Waals surface area contributed by atoms with Crippen molar-refractivity contribution in [3.63, 3.8) is 0 Å². The number of hydrogen-bond acceptors (Lipinski definition) is 5. The number of fused-ring (bicyclic) bond motifs is 1. The van der Waals surface area contributed by atoms with E-state index in [4.69, 9.17) is 22.1 Å². The second kappa shape index (κ2) is 8.25. The van der Waals surface area contributed by atoms with Gasteiger partial charge in [-0.3, -0.25) is 4.79 Å². The standard InChI is InChI=1S/C17H22ClN3O2S/c18-12-1-2-13-15(9-12)24-17(21-13)4-3-16(22)20-14(10-19)11-5-7-23-8-6-11/h1-2,9,11,14H,3-8,10,19H2,(H,20,22). The van der Waals surface area contributed by atoms with Crippen LogP contribution in [0.5, 0.6) is 0 Å². The minimum absolute atomic E-state index is 0.0363. The van der Waals surface area contributed by atoms with Gasteiger partial charge in [-0.15, -0.1) is 11.3 Å². The molecule has 24 heavy (non-hydrogen) atoms. The molecule has 130 valence electrons. The first-order chi connectivity index (χ1) is 11.7. The molecule has 1 aliphatic rings. The molecule has 5 nitrogen and oxygen atoms in total. The predicted molar refractivity (Wildman–Crippen MR) is 97.5 cm³/mol. The summed E-state index contributed by atoms with van der Waals surface area (Å²) in [6, 6.07) is 5.69. The average molecular weight is 368 g/mol. The van der Waals surface area contributed by atoms with Gasteiger partial charge in [-0.05, 0) is 37.0 Å². The summed E-state index contributed by atoms with van der Waals surface area (Å²) >= 11 is 7.59. The van der Waals surface area contributed by atoms with Gasteiger partial charge in [0.25, 0.3) is 0 Å². The molecule has 1 aliphatic heterocycles. The van der Waals surface area contributed by atoms with Crippen LogP contribution in [0.25, 0.3) is 10.2 Å². The van der Waals surface area contributed by atoms with Gasteiger partial charge in [-0.25, -0.2) is 4.98 Å². The number of carbonyl (C=O) groups is 1. The molecule has 1 fully saturated rings. The Kier molecular flexibility index (Phi) is 6.05. The monoisotopic (exact) mass is 367 g/mol. The van der Waals surface area contributed by atoms with Gasteiger partial charge in [0.15, 0.2) is 0 Å². The third-order valence-electron chi connectivity index (χ3n) is 4.40. The molecule has 3 rings (SSSR count). The Labute approximate surface area is 150 Å². The minimum atomic E-state index is 0.0363. The number of carbonyl (C=O) groups excluding carboxylic acids is 1. The van der Waals surface area contributed by atoms with Gasteiger partial charge in [0.2, 0.25) is 5.91 Å². The van der Waals surface area contributed by atoms with E-state index in [1.165, 1.54) is 0 Å². The van der Waals surface area contributed by atoms with Crippen molar-refractivity contribution in [3.05, 3.63) is 28.2 Å². The Morgan fingerprint density at radius 3 is 3.00 bits per heavy atom. The van der Waals surface area contributed by atoms with Crippen molar-refractivity contribution in [2.45, 2.75) is 31.7 Å². The molecule has 0 radical (unpaired) electrons. The number of aryl methyl sites for hydroxylation is 1. The van der Waals surface area contributed by atoms with Gasteiger partial charge in [0.1, 0.15) is 0 Å². The van der Waals surface area contributed by atoms with Gasteiger partial charge in [0, 0.05) is 43.7 Å². The number of thiazole rings is 1. The number of ether oxygens (including phenoxy) is 1. The third-order valence-corrected chi connectivity index (χ3v) is 5.71. The van der Waals surface area contributed by atoms with Crippen LogP contribution in [-0.4, -0.2) is 36.7 Å². The summed E-state index contributed by atoms with van der Waals surface area (Å²) in [6.07, 6.45) is 2.97. The van der Waals surface area contributed by atoms with Gasteiger partial charge in [-0.1, -0.05) is 11.6 Å². The first-order valence-electron chi connectivity index (χ1n) is 8.28. The van der Waals surface area contributed by atoms with Gasteiger partial charge < -0.3 is 15.8 Å². The zero-order valence-electron chi connectivity index (χ0n) is 13.5. The molecule has 1 unspecified atom stereocenters. The maximum absolute atomic E-state index is 12.3. The normalized spacial score (nSPS) is 17.1. The van der Waals surface area contributed by atoms with Crippen LogP contribution in [-0.2, 0) is 16.0 Å². The molecule has 1 aromatic carbocycles. The number of amides is 1. The van der Waals surface area contributed by atoms with E-state index in [-0.39, 0.29) is 11.9 Å². The van der Waals surface area contributed by atoms with Crippen molar-refractivity contribution in [3.8, 4) is 0 Å². The molecule has 1 atom stereocenters. The van der Waals surface area contributed by atoms with E-state index in [0.29, 0.717) is 30.3 Å². The highest BCUT2D eigenvalue weighted by Crippen LogP contribution is 2.26. The number of hydrogen-bond donors (Lipinski definition) is 2. The van der Waals surface area contributed by atoms with Crippen molar-refractivity contribution in [2.75, 3.05) is 19.8 Å². The summed E-state index contributed by atoms with van der Waals surface area (Å²) in [5, 5.41) is 4.75. The van der Waals surface area contributed by atoms with Crippen molar-refractivity contribution in [1.29, 1.82) is 0 Å². The van der Waals surface area contributed by atoms with Crippen LogP contribution in [0.3, 0.4) is 0 Å². The maximum Gasteiger partial charge on any atom is 0.220 e. The van der Waals surface area contributed by atoms with E-state index in [1.54, 1.807) is 11.3 Å². The average Bonchev–Trinajstić information content (AvgIpc) is 3.00. The first-order valence-corrected chi connectivity index (χ1v) is 9.47. The van der Waals surface area contributed by atoms with E-state index in [9.17, 15) is 4.79 Å². The Hall–Kier alpha value is -1.21. The van der Waals surface area contributed by atoms with E-state index in [2.05, 4.69) is 10.3 Å². The van der Waals surface area contributed by atoms with E-state index in [1.807, 2.05) is 18.2 Å². The van der Waals surface area contributed by atoms with Gasteiger partial charge in [0.05, 0.1) is 15.2 Å². The second-order valence-corrected chi connectivity index (χ2v) is 7.63. The van der Waals surface area contributed by atoms with Gasteiger partial charge in [-0.2, -0.15) is 0 Å². The molecular formula is C17H22ClN3O2S. The number of nitrogens with two attached hydrogens (primary N) is 1. The zero-order chi connectivity index (χ0) is 16.9. The van der Waals surface area contributed by atoms with Crippen LogP contribution in [0, 0.1) is 5.92 Å². The number of rotatable bonds is 6. The number of nitrogens with zero attached hydrogens (tertiary/aromatic N) is 1. The van der Waals surface area contributed by atoms with E-state index < -0.39 is 0 Å². The molecule has 1 amide bonds. The lowest BCUT2D eigenvalue weighted by molar-refractivity contribution is -0.122. The highest BCUT2D eigenvalue weighted by molar-refractivity contribution is 7.18. The third kappa shape index (κ3) is 4.45. The van der Waals surface area contributed by atoms with Crippen LogP contribution in [0.1, 0.15) is 24.3 Å². The smallest absolute Gasteiger partial charge is 0.220 e. The first kappa shape index (κ1) is 17.6. The molecule has 0 bridgehead atoms. The van der Waals surface area contributed by atoms with Crippen molar-refractivity contribution in [1.82, 2.24) is 10.3 Å². The summed E-state index contributed by atoms with van der Waals surface area (Å²) in [4.78, 5) is 16.8. The van der Waals surface area contributed by atoms with Gasteiger partial charge >= 0.3 is 0 Å². The number of nitrogens with one attached hydrogen (secondary N) is 1. The minimum Gasteiger partial charge on any atom is -0.381 e. The summed E-state index contributed by atoms with van der Waals surface area (Å²) in [7, 11) is 0. The maximum atomic E-state index is 12.3. The molecule has 3 N–H and O–H groups in total. The Balaban J connectivity index is 1.53. The molecule has 0 aliphatic carbocycles. The Bertz CT molecular complexity index is 700. The van der Waals surface area contributed by atoms with Crippen molar-refractivity contribution in [2.24, 2.45) is 11.7 Å². The summed E-state index contributed by atoms with van der Waals surface area (Å²) < 4.78 is 6.43. The number of aromatic nitrogens is 1. The van der Waals surface area contributed by atoms with E-state index >= 15 is 0 Å². The lowest BCUT2D eigenvalue weighted by Gasteiger charge is -2.30. The van der Waals surface area contributed by atoms with Crippen LogP contribution < -0.4 is 11.1 Å². The second-order valence-electron chi connectivity index (χ2n) is 6.08. The molecule has 7 heteroatoms. The number of benzene rings is 1. The van der Waals surface area contributed by atoms with Crippen LogP contribution in [0.4, 0.5) is 0 Å². The fourth-order valence-corrected chi connectivity index (χ4v) is 4.28. The zero-order valence-corrected chi connectivity index (χ0v) is 15.0. The highest BCUT2D eigenvalue weighted by Gasteiger charge is 2.24. The molecule has 2 aromatic rings. The molecule has 0 saturated carbocycles. The SMILES string of the molecule is NCC(NC(=O)CCc1nc2ccc(Cl)cc2s1)C1CCOCC1. The van der Waals surface area contributed by atoms with Crippen molar-refractivity contribution >= 4 is 39.1 Å². The lowest BCUT2D eigenvalue weighted by Crippen LogP contribution is -2.46. The predicted octanol–water partition coefficient (Wildman–Crippen LogP) is 2.75. The molecule has 1 saturated heterocycles. The largest absolute Gasteiger partial charge is 0.381 e. The van der Waals surface area contributed by atoms with Crippen LogP contribution in [0.15, 0.2) is 18.2 Å². The van der Waals surface area contributed by atoms with Crippen molar-refractivity contribution < 1.29 is 9.53 Å². The Morgan fingerprint density at radius 2 is 2.25 bits per heavy atom. The Morgan fingerprint density at radius 1 is 1.46 bits per heavy atom. The lowest BCUT2D eigenvalue weighted by atomic mass is 9.91. The van der Waals surface area contributed by atoms with Crippen LogP contribution in [0.2, 0.25) is 5.02 Å². The molecule has 0 spiro atoms. The molecule has 1 aromatic heterocycles. The fourth-order valence-electron chi connectivity index (χ4n) is 3.04. The number of halogens is 1. The van der Waals surface area contributed by atoms with E-state index in [0.717, 1.165) is 41.3 Å². The topological polar surface area (TPSA) is 77.2 Å². The summed E-state index contributed by atoms with van der Waals surface area (Å²) in [5.74, 6) is 0.450. The summed E-state index contributed by atoms with van der Waals surface area (Å²) in [6.45, 7) is 1.98. The summed E-state index contributed by atoms with van der Waals surface area (Å²) in [5.41, 5.74) is 6.78. The fraction of sp³-hybridized carbons (Fsp3) is 0.529. The molecule has 2 heterocycles. The highest BCUT2D eigenvalue weighted by atomic mass is 35.5. The van der Waals surface area contributed by atoms with Crippen LogP contribution >= 0.6 is 22.9 Å². The quantitative estimate of drug-likeness (QED) is 0.823.